The van der Waals surface area contributed by atoms with Gasteiger partial charge in [-0.25, -0.2) is 22.2 Å². The van der Waals surface area contributed by atoms with Crippen LogP contribution < -0.4 is 4.72 Å². The van der Waals surface area contributed by atoms with Crippen LogP contribution in [0.3, 0.4) is 0 Å². The van der Waals surface area contributed by atoms with Crippen molar-refractivity contribution < 1.29 is 17.2 Å². The SMILES string of the molecule is O=S(=O)(Nc1ccccc1-c1cn2c(n1)CCCC2)c1ccc(F)c(F)c1. The molecule has 0 atom stereocenters. The number of fused-ring (bicyclic) bond motifs is 1. The normalized spacial score (nSPS) is 14.0. The zero-order valence-corrected chi connectivity index (χ0v) is 15.1. The first-order valence-corrected chi connectivity index (χ1v) is 10.1. The third-order valence-electron chi connectivity index (χ3n) is 4.56. The Morgan fingerprint density at radius 1 is 1.04 bits per heavy atom. The number of rotatable bonds is 4. The largest absolute Gasteiger partial charge is 0.334 e. The number of nitrogens with zero attached hydrogens (tertiary/aromatic N) is 2. The molecular formula is C19H17F2N3O2S. The lowest BCUT2D eigenvalue weighted by Gasteiger charge is -2.12. The van der Waals surface area contributed by atoms with Crippen LogP contribution in [0.5, 0.6) is 0 Å². The molecule has 1 aliphatic heterocycles. The second-order valence-corrected chi connectivity index (χ2v) is 8.10. The van der Waals surface area contributed by atoms with E-state index in [-0.39, 0.29) is 4.90 Å². The maximum atomic E-state index is 13.4. The molecule has 8 heteroatoms. The monoisotopic (exact) mass is 389 g/mol. The van der Waals surface area contributed by atoms with Crippen molar-refractivity contribution in [3.05, 3.63) is 66.1 Å². The van der Waals surface area contributed by atoms with E-state index in [0.29, 0.717) is 23.0 Å². The van der Waals surface area contributed by atoms with Gasteiger partial charge in [-0.2, -0.15) is 0 Å². The van der Waals surface area contributed by atoms with Gasteiger partial charge in [0, 0.05) is 24.7 Å². The van der Waals surface area contributed by atoms with Gasteiger partial charge in [0.25, 0.3) is 10.0 Å². The molecule has 1 N–H and O–H groups in total. The van der Waals surface area contributed by atoms with E-state index in [1.807, 2.05) is 6.20 Å². The van der Waals surface area contributed by atoms with Crippen molar-refractivity contribution in [3.63, 3.8) is 0 Å². The number of halogens is 2. The van der Waals surface area contributed by atoms with Crippen LogP contribution in [0.2, 0.25) is 0 Å². The average Bonchev–Trinajstić information content (AvgIpc) is 3.08. The Bertz CT molecular complexity index is 1090. The Hall–Kier alpha value is -2.74. The van der Waals surface area contributed by atoms with E-state index in [1.165, 1.54) is 0 Å². The lowest BCUT2D eigenvalue weighted by atomic mass is 10.1. The molecule has 0 radical (unpaired) electrons. The molecule has 1 aliphatic rings. The van der Waals surface area contributed by atoms with E-state index in [0.717, 1.165) is 43.8 Å². The molecule has 0 saturated carbocycles. The number of benzene rings is 2. The average molecular weight is 389 g/mol. The molecule has 0 bridgehead atoms. The minimum atomic E-state index is -4.08. The number of imidazole rings is 1. The topological polar surface area (TPSA) is 64.0 Å². The molecule has 0 unspecified atom stereocenters. The Balaban J connectivity index is 1.71. The Morgan fingerprint density at radius 2 is 1.85 bits per heavy atom. The summed E-state index contributed by atoms with van der Waals surface area (Å²) in [5.74, 6) is -1.33. The summed E-state index contributed by atoms with van der Waals surface area (Å²) in [4.78, 5) is 4.28. The molecule has 3 aromatic rings. The molecule has 27 heavy (non-hydrogen) atoms. The van der Waals surface area contributed by atoms with Gasteiger partial charge < -0.3 is 4.57 Å². The van der Waals surface area contributed by atoms with E-state index in [4.69, 9.17) is 0 Å². The molecule has 140 valence electrons. The van der Waals surface area contributed by atoms with Crippen molar-refractivity contribution >= 4 is 15.7 Å². The summed E-state index contributed by atoms with van der Waals surface area (Å²) in [5.41, 5.74) is 1.64. The summed E-state index contributed by atoms with van der Waals surface area (Å²) >= 11 is 0. The highest BCUT2D eigenvalue weighted by Crippen LogP contribution is 2.30. The minimum absolute atomic E-state index is 0.331. The smallest absolute Gasteiger partial charge is 0.262 e. The number of nitrogens with one attached hydrogen (secondary N) is 1. The van der Waals surface area contributed by atoms with Crippen molar-refractivity contribution in [3.8, 4) is 11.3 Å². The Morgan fingerprint density at radius 3 is 2.63 bits per heavy atom. The molecule has 4 rings (SSSR count). The fraction of sp³-hybridized carbons (Fsp3) is 0.211. The van der Waals surface area contributed by atoms with Gasteiger partial charge in [0.15, 0.2) is 11.6 Å². The number of aryl methyl sites for hydroxylation is 2. The summed E-state index contributed by atoms with van der Waals surface area (Å²) in [5, 5.41) is 0. The van der Waals surface area contributed by atoms with E-state index in [1.54, 1.807) is 24.3 Å². The number of hydrogen-bond acceptors (Lipinski definition) is 3. The Labute approximate surface area is 155 Å². The first-order chi connectivity index (χ1) is 12.9. The predicted molar refractivity (Wildman–Crippen MR) is 97.8 cm³/mol. The molecule has 0 spiro atoms. The Kier molecular flexibility index (Phi) is 4.43. The van der Waals surface area contributed by atoms with Crippen LogP contribution in [0.15, 0.2) is 53.6 Å². The zero-order valence-electron chi connectivity index (χ0n) is 14.3. The van der Waals surface area contributed by atoms with Gasteiger partial charge >= 0.3 is 0 Å². The highest BCUT2D eigenvalue weighted by atomic mass is 32.2. The summed E-state index contributed by atoms with van der Waals surface area (Å²) in [6.07, 6.45) is 4.98. The number of hydrogen-bond donors (Lipinski definition) is 1. The van der Waals surface area contributed by atoms with Crippen molar-refractivity contribution in [1.29, 1.82) is 0 Å². The lowest BCUT2D eigenvalue weighted by Crippen LogP contribution is -2.14. The summed E-state index contributed by atoms with van der Waals surface area (Å²) in [6.45, 7) is 0.894. The van der Waals surface area contributed by atoms with E-state index < -0.39 is 21.7 Å². The van der Waals surface area contributed by atoms with Gasteiger partial charge in [-0.1, -0.05) is 18.2 Å². The van der Waals surface area contributed by atoms with Gasteiger partial charge in [0.05, 0.1) is 16.3 Å². The molecular weight excluding hydrogens is 372 g/mol. The second kappa shape index (κ2) is 6.77. The van der Waals surface area contributed by atoms with Crippen LogP contribution >= 0.6 is 0 Å². The molecule has 0 amide bonds. The van der Waals surface area contributed by atoms with Crippen LogP contribution in [0.1, 0.15) is 18.7 Å². The van der Waals surface area contributed by atoms with Crippen molar-refractivity contribution in [1.82, 2.24) is 9.55 Å². The van der Waals surface area contributed by atoms with Crippen LogP contribution in [-0.2, 0) is 23.0 Å². The van der Waals surface area contributed by atoms with Crippen LogP contribution in [0, 0.1) is 11.6 Å². The molecule has 0 saturated heterocycles. The number of aromatic nitrogens is 2. The van der Waals surface area contributed by atoms with Gasteiger partial charge in [-0.05, 0) is 37.1 Å². The first-order valence-electron chi connectivity index (χ1n) is 8.57. The maximum absolute atomic E-state index is 13.4. The van der Waals surface area contributed by atoms with Crippen molar-refractivity contribution in [2.45, 2.75) is 30.7 Å². The third kappa shape index (κ3) is 3.44. The number of para-hydroxylation sites is 1. The quantitative estimate of drug-likeness (QED) is 0.735. The fourth-order valence-corrected chi connectivity index (χ4v) is 4.28. The van der Waals surface area contributed by atoms with Crippen molar-refractivity contribution in [2.75, 3.05) is 4.72 Å². The molecule has 0 aliphatic carbocycles. The van der Waals surface area contributed by atoms with Gasteiger partial charge in [-0.15, -0.1) is 0 Å². The third-order valence-corrected chi connectivity index (χ3v) is 5.92. The maximum Gasteiger partial charge on any atom is 0.262 e. The highest BCUT2D eigenvalue weighted by Gasteiger charge is 2.20. The number of sulfonamides is 1. The summed E-state index contributed by atoms with van der Waals surface area (Å²) in [6, 6.07) is 9.36. The van der Waals surface area contributed by atoms with Crippen molar-refractivity contribution in [2.24, 2.45) is 0 Å². The molecule has 5 nitrogen and oxygen atoms in total. The highest BCUT2D eigenvalue weighted by molar-refractivity contribution is 7.92. The van der Waals surface area contributed by atoms with Gasteiger partial charge in [0.2, 0.25) is 0 Å². The fourth-order valence-electron chi connectivity index (χ4n) is 3.19. The van der Waals surface area contributed by atoms with Gasteiger partial charge in [0.1, 0.15) is 5.82 Å². The summed E-state index contributed by atoms with van der Waals surface area (Å²) in [7, 11) is -4.08. The first kappa shape index (κ1) is 17.7. The lowest BCUT2D eigenvalue weighted by molar-refractivity contribution is 0.504. The summed E-state index contributed by atoms with van der Waals surface area (Å²) < 4.78 is 56.3. The van der Waals surface area contributed by atoms with Crippen LogP contribution in [-0.4, -0.2) is 18.0 Å². The molecule has 2 heterocycles. The van der Waals surface area contributed by atoms with Crippen LogP contribution in [0.25, 0.3) is 11.3 Å². The minimum Gasteiger partial charge on any atom is -0.334 e. The van der Waals surface area contributed by atoms with Crippen LogP contribution in [0.4, 0.5) is 14.5 Å². The number of anilines is 1. The molecule has 2 aromatic carbocycles. The van der Waals surface area contributed by atoms with E-state index in [9.17, 15) is 17.2 Å². The van der Waals surface area contributed by atoms with Gasteiger partial charge in [-0.3, -0.25) is 4.72 Å². The molecule has 1 aromatic heterocycles. The van der Waals surface area contributed by atoms with E-state index >= 15 is 0 Å². The standard InChI is InChI=1S/C19H17F2N3O2S/c20-15-9-8-13(11-16(15)21)27(25,26)23-17-6-2-1-5-14(17)18-12-24-10-4-3-7-19(24)22-18/h1-2,5-6,8-9,11-12,23H,3-4,7,10H2. The zero-order chi connectivity index (χ0) is 19.0. The second-order valence-electron chi connectivity index (χ2n) is 6.42. The van der Waals surface area contributed by atoms with E-state index in [2.05, 4.69) is 14.3 Å². The molecule has 0 fully saturated rings. The predicted octanol–water partition coefficient (Wildman–Crippen LogP) is 3.97.